The molecule has 1 fully saturated rings. The Balaban J connectivity index is 0.00000192. The molecule has 3 rings (SSSR count). The fraction of sp³-hybridized carbons (Fsp3) is 0.583. The number of aromatic nitrogens is 4. The number of imidazole rings is 1. The largest absolute Gasteiger partial charge is 1.00 e. The van der Waals surface area contributed by atoms with Gasteiger partial charge in [-0.25, -0.2) is 15.0 Å². The molecule has 0 aliphatic carbocycles. The maximum absolute atomic E-state index is 10.3. The SMILES string of the molecule is C[S+](C)C(O)[C@H]1O[C@@H](n2cnc3c(N)ncnc32)[C@H](O)[C@@H]1O.[Cl-]. The summed E-state index contributed by atoms with van der Waals surface area (Å²) in [5.74, 6) is 0.219. The zero-order valence-corrected chi connectivity index (χ0v) is 14.0. The highest BCUT2D eigenvalue weighted by Gasteiger charge is 2.50. The fourth-order valence-corrected chi connectivity index (χ4v) is 3.24. The van der Waals surface area contributed by atoms with E-state index in [0.717, 1.165) is 0 Å². The minimum absolute atomic E-state index is 0. The smallest absolute Gasteiger partial charge is 0.244 e. The average Bonchev–Trinajstić information content (AvgIpc) is 3.02. The number of nitrogens with zero attached hydrogens (tertiary/aromatic N) is 4. The molecular weight excluding hydrogens is 346 g/mol. The van der Waals surface area contributed by atoms with Crippen molar-refractivity contribution in [2.45, 2.75) is 30.0 Å². The third kappa shape index (κ3) is 2.97. The van der Waals surface area contributed by atoms with E-state index in [1.807, 2.05) is 12.5 Å². The summed E-state index contributed by atoms with van der Waals surface area (Å²) in [6.45, 7) is 0. The second kappa shape index (κ2) is 6.75. The summed E-state index contributed by atoms with van der Waals surface area (Å²) in [5, 5.41) is 30.5. The standard InChI is InChI=1S/C12H18N5O4S.ClH/c1-22(2)12(20)8-6(18)7(19)11(21-8)17-4-16-5-9(13)14-3-15-10(5)17;/h3-4,6-8,11-12,18-20H,1-2H3,(H2,13,14,15);1H/q+1;/p-1/t6-,7+,8-,11+,12?;/m0./s1. The van der Waals surface area contributed by atoms with Crippen LogP contribution in [0.1, 0.15) is 6.23 Å². The molecule has 11 heteroatoms. The number of ether oxygens (including phenoxy) is 1. The number of aliphatic hydroxyl groups is 3. The lowest BCUT2D eigenvalue weighted by molar-refractivity contribution is -0.0600. The molecule has 0 saturated carbocycles. The molecule has 128 valence electrons. The van der Waals surface area contributed by atoms with Gasteiger partial charge in [0.15, 0.2) is 23.8 Å². The Kier molecular flexibility index (Phi) is 5.33. The highest BCUT2D eigenvalue weighted by atomic mass is 35.5. The summed E-state index contributed by atoms with van der Waals surface area (Å²) in [5.41, 5.74) is 5.64. The van der Waals surface area contributed by atoms with Crippen LogP contribution in [0.5, 0.6) is 0 Å². The van der Waals surface area contributed by atoms with Crippen molar-refractivity contribution in [2.75, 3.05) is 18.2 Å². The molecule has 9 nitrogen and oxygen atoms in total. The third-order valence-electron chi connectivity index (χ3n) is 3.70. The van der Waals surface area contributed by atoms with Crippen LogP contribution in [0.25, 0.3) is 11.2 Å². The summed E-state index contributed by atoms with van der Waals surface area (Å²) in [6.07, 6.45) is 2.18. The van der Waals surface area contributed by atoms with Crippen molar-refractivity contribution < 1.29 is 32.5 Å². The van der Waals surface area contributed by atoms with Gasteiger partial charge in [-0.1, -0.05) is 0 Å². The van der Waals surface area contributed by atoms with Crippen LogP contribution in [0, 0.1) is 0 Å². The average molecular weight is 364 g/mol. The van der Waals surface area contributed by atoms with Crippen molar-refractivity contribution in [3.8, 4) is 0 Å². The molecular formula is C12H18ClN5O4S. The number of aliphatic hydroxyl groups excluding tert-OH is 3. The summed E-state index contributed by atoms with van der Waals surface area (Å²) in [7, 11) is -0.389. The van der Waals surface area contributed by atoms with E-state index in [2.05, 4.69) is 15.0 Å². The van der Waals surface area contributed by atoms with Gasteiger partial charge in [0.05, 0.1) is 18.8 Å². The molecule has 0 spiro atoms. The van der Waals surface area contributed by atoms with Gasteiger partial charge in [-0.15, -0.1) is 0 Å². The molecule has 5 N–H and O–H groups in total. The first-order valence-electron chi connectivity index (χ1n) is 6.61. The van der Waals surface area contributed by atoms with Crippen LogP contribution in [0.15, 0.2) is 12.7 Å². The van der Waals surface area contributed by atoms with Crippen LogP contribution < -0.4 is 18.1 Å². The lowest BCUT2D eigenvalue weighted by Crippen LogP contribution is -3.00. The van der Waals surface area contributed by atoms with Gasteiger partial charge >= 0.3 is 0 Å². The lowest BCUT2D eigenvalue weighted by atomic mass is 10.1. The number of hydrogen-bond acceptors (Lipinski definition) is 8. The number of anilines is 1. The summed E-state index contributed by atoms with van der Waals surface area (Å²) in [6, 6.07) is 0. The van der Waals surface area contributed by atoms with Crippen LogP contribution in [-0.2, 0) is 15.6 Å². The quantitative estimate of drug-likeness (QED) is 0.398. The van der Waals surface area contributed by atoms with E-state index >= 15 is 0 Å². The van der Waals surface area contributed by atoms with Gasteiger partial charge in [0.1, 0.15) is 24.1 Å². The van der Waals surface area contributed by atoms with Gasteiger partial charge in [-0.3, -0.25) is 4.57 Å². The summed E-state index contributed by atoms with van der Waals surface area (Å²) < 4.78 is 7.16. The first-order valence-corrected chi connectivity index (χ1v) is 8.71. The molecule has 1 aliphatic heterocycles. The molecule has 0 amide bonds. The van der Waals surface area contributed by atoms with Crippen LogP contribution in [0.3, 0.4) is 0 Å². The monoisotopic (exact) mass is 363 g/mol. The molecule has 0 aromatic carbocycles. The number of fused-ring (bicyclic) bond motifs is 1. The number of hydrogen-bond donors (Lipinski definition) is 4. The molecule has 2 aromatic heterocycles. The molecule has 3 heterocycles. The number of nitrogens with two attached hydrogens (primary N) is 1. The van der Waals surface area contributed by atoms with E-state index in [1.165, 1.54) is 17.2 Å². The molecule has 0 radical (unpaired) electrons. The first kappa shape index (κ1) is 18.2. The first-order chi connectivity index (χ1) is 10.4. The minimum atomic E-state index is -1.21. The topological polar surface area (TPSA) is 140 Å². The van der Waals surface area contributed by atoms with Crippen molar-refractivity contribution in [2.24, 2.45) is 0 Å². The summed E-state index contributed by atoms with van der Waals surface area (Å²) in [4.78, 5) is 12.0. The van der Waals surface area contributed by atoms with E-state index in [1.54, 1.807) is 0 Å². The van der Waals surface area contributed by atoms with Crippen LogP contribution >= 0.6 is 0 Å². The molecule has 5 atom stereocenters. The predicted octanol–water partition coefficient (Wildman–Crippen LogP) is -4.77. The molecule has 0 bridgehead atoms. The van der Waals surface area contributed by atoms with E-state index in [4.69, 9.17) is 10.5 Å². The number of nitrogen functional groups attached to an aromatic ring is 1. The van der Waals surface area contributed by atoms with Crippen molar-refractivity contribution in [3.63, 3.8) is 0 Å². The Morgan fingerprint density at radius 1 is 1.26 bits per heavy atom. The Labute approximate surface area is 141 Å². The van der Waals surface area contributed by atoms with Crippen molar-refractivity contribution in [1.82, 2.24) is 19.5 Å². The minimum Gasteiger partial charge on any atom is -1.00 e. The van der Waals surface area contributed by atoms with Gasteiger partial charge in [0.25, 0.3) is 0 Å². The van der Waals surface area contributed by atoms with Gasteiger partial charge < -0.3 is 38.2 Å². The fourth-order valence-electron chi connectivity index (χ4n) is 2.48. The summed E-state index contributed by atoms with van der Waals surface area (Å²) >= 11 is 0. The van der Waals surface area contributed by atoms with Crippen molar-refractivity contribution >= 4 is 27.9 Å². The maximum atomic E-state index is 10.3. The van der Waals surface area contributed by atoms with Gasteiger partial charge in [-0.2, -0.15) is 0 Å². The zero-order valence-electron chi connectivity index (χ0n) is 12.4. The highest BCUT2D eigenvalue weighted by Crippen LogP contribution is 2.34. The Hall–Kier alpha value is -1.17. The van der Waals surface area contributed by atoms with Gasteiger partial charge in [0.2, 0.25) is 5.44 Å². The lowest BCUT2D eigenvalue weighted by Gasteiger charge is -2.18. The molecule has 23 heavy (non-hydrogen) atoms. The normalized spacial score (nSPS) is 29.0. The van der Waals surface area contributed by atoms with E-state index in [0.29, 0.717) is 11.2 Å². The molecule has 2 aromatic rings. The van der Waals surface area contributed by atoms with Crippen molar-refractivity contribution in [3.05, 3.63) is 12.7 Å². The van der Waals surface area contributed by atoms with Crippen LogP contribution in [0.4, 0.5) is 5.82 Å². The van der Waals surface area contributed by atoms with E-state index in [-0.39, 0.29) is 29.1 Å². The Morgan fingerprint density at radius 2 is 1.96 bits per heavy atom. The maximum Gasteiger partial charge on any atom is 0.244 e. The number of halogens is 1. The second-order valence-electron chi connectivity index (χ2n) is 5.33. The highest BCUT2D eigenvalue weighted by molar-refractivity contribution is 7.95. The third-order valence-corrected chi connectivity index (χ3v) is 4.93. The second-order valence-corrected chi connectivity index (χ2v) is 7.57. The van der Waals surface area contributed by atoms with E-state index < -0.39 is 30.0 Å². The van der Waals surface area contributed by atoms with E-state index in [9.17, 15) is 15.3 Å². The molecule has 1 saturated heterocycles. The Morgan fingerprint density at radius 3 is 2.61 bits per heavy atom. The molecule has 1 unspecified atom stereocenters. The number of rotatable bonds is 3. The van der Waals surface area contributed by atoms with Crippen molar-refractivity contribution in [1.29, 1.82) is 0 Å². The van der Waals surface area contributed by atoms with Crippen LogP contribution in [-0.4, -0.2) is 71.1 Å². The predicted molar refractivity (Wildman–Crippen MR) is 80.9 cm³/mol. The zero-order chi connectivity index (χ0) is 16.0. The molecule has 1 aliphatic rings. The Bertz CT molecular complexity index is 687. The van der Waals surface area contributed by atoms with Gasteiger partial charge in [0, 0.05) is 10.9 Å². The van der Waals surface area contributed by atoms with Gasteiger partial charge in [-0.05, 0) is 0 Å². The van der Waals surface area contributed by atoms with Crippen LogP contribution in [0.2, 0.25) is 0 Å².